The lowest BCUT2D eigenvalue weighted by atomic mass is 9.88. The van der Waals surface area contributed by atoms with Crippen LogP contribution in [-0.2, 0) is 4.79 Å². The van der Waals surface area contributed by atoms with Crippen LogP contribution >= 0.6 is 23.2 Å². The van der Waals surface area contributed by atoms with Crippen LogP contribution < -0.4 is 10.6 Å². The fraction of sp³-hybridized carbons (Fsp3) is 0.353. The number of nitrogens with one attached hydrogen (secondary N) is 2. The molecule has 1 aromatic carbocycles. The van der Waals surface area contributed by atoms with Crippen LogP contribution in [0, 0.1) is 5.92 Å². The van der Waals surface area contributed by atoms with E-state index in [-0.39, 0.29) is 30.6 Å². The van der Waals surface area contributed by atoms with Crippen LogP contribution in [0.1, 0.15) is 30.5 Å². The minimum Gasteiger partial charge on any atom is -0.323 e. The third-order valence-electron chi connectivity index (χ3n) is 4.95. The molecule has 130 valence electrons. The van der Waals surface area contributed by atoms with Gasteiger partial charge in [-0.05, 0) is 37.3 Å². The van der Waals surface area contributed by atoms with Gasteiger partial charge >= 0.3 is 6.03 Å². The molecule has 6 nitrogen and oxygen atoms in total. The minimum absolute atomic E-state index is 0.105. The average molecular weight is 380 g/mol. The highest BCUT2D eigenvalue weighted by atomic mass is 35.5. The van der Waals surface area contributed by atoms with Gasteiger partial charge in [0, 0.05) is 29.6 Å². The summed E-state index contributed by atoms with van der Waals surface area (Å²) in [4.78, 5) is 36.3. The lowest BCUT2D eigenvalue weighted by molar-refractivity contribution is -0.124. The fourth-order valence-corrected chi connectivity index (χ4v) is 3.81. The van der Waals surface area contributed by atoms with Gasteiger partial charge in [-0.3, -0.25) is 19.5 Å². The summed E-state index contributed by atoms with van der Waals surface area (Å²) in [6.07, 6.45) is 5.57. The summed E-state index contributed by atoms with van der Waals surface area (Å²) in [6.45, 7) is 0. The molecule has 3 amide bonds. The zero-order valence-corrected chi connectivity index (χ0v) is 14.7. The van der Waals surface area contributed by atoms with Gasteiger partial charge in [-0.15, -0.1) is 0 Å². The van der Waals surface area contributed by atoms with Crippen LogP contribution in [0.15, 0.2) is 24.5 Å². The Balaban J connectivity index is 1.54. The number of hydrogen-bond donors (Lipinski definition) is 2. The molecule has 1 aliphatic carbocycles. The van der Waals surface area contributed by atoms with Gasteiger partial charge in [0.2, 0.25) is 5.91 Å². The molecule has 1 aliphatic heterocycles. The molecule has 1 atom stereocenters. The van der Waals surface area contributed by atoms with E-state index in [4.69, 9.17) is 23.2 Å². The monoisotopic (exact) mass is 379 g/mol. The summed E-state index contributed by atoms with van der Waals surface area (Å²) in [5.41, 5.74) is -0.952. The van der Waals surface area contributed by atoms with E-state index in [0.717, 1.165) is 23.6 Å². The van der Waals surface area contributed by atoms with Crippen LogP contribution in [-0.4, -0.2) is 28.0 Å². The molecule has 2 heterocycles. The number of hydrogen-bond acceptors (Lipinski definition) is 3. The Hall–Kier alpha value is -2.05. The van der Waals surface area contributed by atoms with Crippen LogP contribution in [0.5, 0.6) is 0 Å². The number of halogens is 2. The molecule has 2 aliphatic rings. The molecule has 8 heteroatoms. The molecule has 4 rings (SSSR count). The van der Waals surface area contributed by atoms with Crippen molar-refractivity contribution in [2.75, 3.05) is 0 Å². The predicted molar refractivity (Wildman–Crippen MR) is 93.9 cm³/mol. The number of carbonyl (C=O) groups excluding carboxylic acids is 3. The van der Waals surface area contributed by atoms with Gasteiger partial charge in [0.25, 0.3) is 5.91 Å². The summed E-state index contributed by atoms with van der Waals surface area (Å²) in [7, 11) is 0. The predicted octanol–water partition coefficient (Wildman–Crippen LogP) is 3.36. The number of amides is 3. The molecule has 1 aromatic heterocycles. The molecule has 2 aromatic rings. The highest BCUT2D eigenvalue weighted by Crippen LogP contribution is 2.43. The van der Waals surface area contributed by atoms with E-state index < -0.39 is 11.6 Å². The Labute approximate surface area is 153 Å². The van der Waals surface area contributed by atoms with Crippen molar-refractivity contribution >= 4 is 51.8 Å². The highest BCUT2D eigenvalue weighted by molar-refractivity contribution is 6.42. The Morgan fingerprint density at radius 3 is 2.24 bits per heavy atom. The van der Waals surface area contributed by atoms with Crippen molar-refractivity contribution in [1.82, 2.24) is 15.2 Å². The van der Waals surface area contributed by atoms with Crippen LogP contribution in [0.25, 0.3) is 10.8 Å². The van der Waals surface area contributed by atoms with Crippen molar-refractivity contribution in [3.05, 3.63) is 34.6 Å². The Kier molecular flexibility index (Phi) is 3.77. The van der Waals surface area contributed by atoms with Gasteiger partial charge in [-0.1, -0.05) is 23.2 Å². The van der Waals surface area contributed by atoms with Gasteiger partial charge in [0.05, 0.1) is 10.0 Å². The van der Waals surface area contributed by atoms with Crippen LogP contribution in [0.2, 0.25) is 10.0 Å². The second-order valence-corrected chi connectivity index (χ2v) is 7.42. The van der Waals surface area contributed by atoms with Crippen molar-refractivity contribution in [2.24, 2.45) is 5.92 Å². The molecule has 2 fully saturated rings. The van der Waals surface area contributed by atoms with Crippen LogP contribution in [0.4, 0.5) is 4.79 Å². The second kappa shape index (κ2) is 5.75. The first-order chi connectivity index (χ1) is 11.9. The third-order valence-corrected chi connectivity index (χ3v) is 5.67. The molecule has 0 bridgehead atoms. The van der Waals surface area contributed by atoms with E-state index >= 15 is 0 Å². The Bertz CT molecular complexity index is 880. The standard InChI is InChI=1S/C17H15Cl2N3O3/c18-12-5-9-7-22(8-10(9)6-13(12)19)14(23)3-4-17(11-1-2-11)15(24)20-16(25)21-17/h5-8,11H,1-4H2,(H2,20,21,24,25)/t17-/m0/s1. The van der Waals surface area contributed by atoms with Crippen LogP contribution in [0.3, 0.4) is 0 Å². The van der Waals surface area contributed by atoms with Gasteiger partial charge in [0.15, 0.2) is 0 Å². The zero-order chi connectivity index (χ0) is 17.8. The first-order valence-corrected chi connectivity index (χ1v) is 8.78. The van der Waals surface area contributed by atoms with Gasteiger partial charge in [-0.2, -0.15) is 0 Å². The molecular formula is C17H15Cl2N3O3. The Morgan fingerprint density at radius 2 is 1.76 bits per heavy atom. The summed E-state index contributed by atoms with van der Waals surface area (Å²) in [5.74, 6) is -0.380. The summed E-state index contributed by atoms with van der Waals surface area (Å²) >= 11 is 12.0. The van der Waals surface area contributed by atoms with Gasteiger partial charge < -0.3 is 5.32 Å². The maximum atomic E-state index is 12.6. The van der Waals surface area contributed by atoms with E-state index in [1.165, 1.54) is 4.57 Å². The third kappa shape index (κ3) is 2.79. The number of urea groups is 1. The number of fused-ring (bicyclic) bond motifs is 1. The van der Waals surface area contributed by atoms with E-state index in [0.29, 0.717) is 10.0 Å². The lowest BCUT2D eigenvalue weighted by Gasteiger charge is -2.25. The van der Waals surface area contributed by atoms with Crippen molar-refractivity contribution < 1.29 is 14.4 Å². The zero-order valence-electron chi connectivity index (χ0n) is 13.1. The second-order valence-electron chi connectivity index (χ2n) is 6.61. The van der Waals surface area contributed by atoms with Crippen molar-refractivity contribution in [3.8, 4) is 0 Å². The summed E-state index contributed by atoms with van der Waals surface area (Å²) in [6, 6.07) is 2.93. The largest absolute Gasteiger partial charge is 0.323 e. The molecule has 0 spiro atoms. The molecule has 2 N–H and O–H groups in total. The van der Waals surface area contributed by atoms with E-state index in [9.17, 15) is 14.4 Å². The highest BCUT2D eigenvalue weighted by Gasteiger charge is 2.55. The van der Waals surface area contributed by atoms with Crippen molar-refractivity contribution in [2.45, 2.75) is 31.2 Å². The summed E-state index contributed by atoms with van der Waals surface area (Å²) < 4.78 is 1.48. The summed E-state index contributed by atoms with van der Waals surface area (Å²) in [5, 5.41) is 7.50. The SMILES string of the molecule is O=C1NC(=O)[C@](CCC(=O)n2cc3cc(Cl)c(Cl)cc3c2)(C2CC2)N1. The van der Waals surface area contributed by atoms with E-state index in [1.54, 1.807) is 24.5 Å². The number of aromatic nitrogens is 1. The van der Waals surface area contributed by atoms with E-state index in [2.05, 4.69) is 10.6 Å². The Morgan fingerprint density at radius 1 is 1.16 bits per heavy atom. The molecule has 25 heavy (non-hydrogen) atoms. The smallest absolute Gasteiger partial charge is 0.322 e. The average Bonchev–Trinajstić information content (AvgIpc) is 3.27. The first kappa shape index (κ1) is 16.4. The quantitative estimate of drug-likeness (QED) is 0.799. The molecule has 0 radical (unpaired) electrons. The van der Waals surface area contributed by atoms with Crippen molar-refractivity contribution in [1.29, 1.82) is 0 Å². The maximum absolute atomic E-state index is 12.6. The molecule has 0 unspecified atom stereocenters. The normalized spacial score (nSPS) is 23.0. The number of carbonyl (C=O) groups is 3. The fourth-order valence-electron chi connectivity index (χ4n) is 3.46. The van der Waals surface area contributed by atoms with Crippen molar-refractivity contribution in [3.63, 3.8) is 0 Å². The van der Waals surface area contributed by atoms with E-state index in [1.807, 2.05) is 0 Å². The molecule has 1 saturated heterocycles. The van der Waals surface area contributed by atoms with Gasteiger partial charge in [0.1, 0.15) is 5.54 Å². The molecular weight excluding hydrogens is 365 g/mol. The lowest BCUT2D eigenvalue weighted by Crippen LogP contribution is -2.49. The minimum atomic E-state index is -0.952. The first-order valence-electron chi connectivity index (χ1n) is 8.02. The topological polar surface area (TPSA) is 80.2 Å². The van der Waals surface area contributed by atoms with Gasteiger partial charge in [-0.25, -0.2) is 4.79 Å². The molecule has 1 saturated carbocycles. The number of benzene rings is 1. The maximum Gasteiger partial charge on any atom is 0.322 e. The number of rotatable bonds is 4. The number of nitrogens with zero attached hydrogens (tertiary/aromatic N) is 1. The number of imide groups is 1.